The number of hydrogen-bond donors (Lipinski definition) is 1. The van der Waals surface area contributed by atoms with Gasteiger partial charge in [0, 0.05) is 24.8 Å². The van der Waals surface area contributed by atoms with Crippen molar-refractivity contribution in [2.75, 3.05) is 20.3 Å². The predicted molar refractivity (Wildman–Crippen MR) is 60.7 cm³/mol. The molecule has 2 rings (SSSR count). The van der Waals surface area contributed by atoms with Gasteiger partial charge in [0.25, 0.3) is 0 Å². The second kappa shape index (κ2) is 4.55. The van der Waals surface area contributed by atoms with Gasteiger partial charge in [-0.15, -0.1) is 0 Å². The fourth-order valence-electron chi connectivity index (χ4n) is 1.40. The third kappa shape index (κ3) is 2.25. The largest absolute Gasteiger partial charge is 0.491 e. The number of aromatic nitrogens is 1. The zero-order valence-electron chi connectivity index (χ0n) is 8.42. The first-order valence-electron chi connectivity index (χ1n) is 4.69. The van der Waals surface area contributed by atoms with E-state index in [4.69, 9.17) is 21.1 Å². The Morgan fingerprint density at radius 1 is 1.33 bits per heavy atom. The average Bonchev–Trinajstić information content (AvgIpc) is 2.61. The Kier molecular flexibility index (Phi) is 3.14. The molecule has 0 spiro atoms. The maximum Gasteiger partial charge on any atom is 0.121 e. The number of halogens is 1. The highest BCUT2D eigenvalue weighted by Gasteiger charge is 2.02. The lowest BCUT2D eigenvalue weighted by Gasteiger charge is -2.04. The summed E-state index contributed by atoms with van der Waals surface area (Å²) in [7, 11) is 1.65. The van der Waals surface area contributed by atoms with Crippen LogP contribution in [-0.4, -0.2) is 25.3 Å². The zero-order chi connectivity index (χ0) is 10.7. The van der Waals surface area contributed by atoms with Crippen LogP contribution in [0.2, 0.25) is 5.02 Å². The van der Waals surface area contributed by atoms with E-state index in [0.29, 0.717) is 13.2 Å². The number of fused-ring (bicyclic) bond motifs is 1. The quantitative estimate of drug-likeness (QED) is 0.812. The third-order valence-corrected chi connectivity index (χ3v) is 2.47. The van der Waals surface area contributed by atoms with Crippen molar-refractivity contribution in [3.63, 3.8) is 0 Å². The summed E-state index contributed by atoms with van der Waals surface area (Å²) in [5.41, 5.74) is 0.981. The molecule has 0 aliphatic rings. The van der Waals surface area contributed by atoms with E-state index in [2.05, 4.69) is 4.98 Å². The van der Waals surface area contributed by atoms with Crippen molar-refractivity contribution in [3.8, 4) is 5.75 Å². The molecule has 1 aromatic heterocycles. The van der Waals surface area contributed by atoms with E-state index in [1.54, 1.807) is 13.3 Å². The number of benzene rings is 1. The van der Waals surface area contributed by atoms with Gasteiger partial charge in [0.15, 0.2) is 0 Å². The monoisotopic (exact) mass is 225 g/mol. The van der Waals surface area contributed by atoms with Crippen LogP contribution in [0.5, 0.6) is 5.75 Å². The second-order valence-electron chi connectivity index (χ2n) is 3.19. The molecule has 1 aromatic carbocycles. The molecule has 0 saturated carbocycles. The van der Waals surface area contributed by atoms with E-state index in [1.807, 2.05) is 18.2 Å². The molecule has 3 nitrogen and oxygen atoms in total. The highest BCUT2D eigenvalue weighted by Crippen LogP contribution is 2.26. The van der Waals surface area contributed by atoms with Crippen LogP contribution in [0, 0.1) is 0 Å². The molecular weight excluding hydrogens is 214 g/mol. The molecule has 0 bridgehead atoms. The lowest BCUT2D eigenvalue weighted by atomic mass is 10.2. The topological polar surface area (TPSA) is 34.2 Å². The minimum Gasteiger partial charge on any atom is -0.491 e. The lowest BCUT2D eigenvalue weighted by Crippen LogP contribution is -2.03. The minimum absolute atomic E-state index is 0.552. The molecule has 0 fully saturated rings. The SMILES string of the molecule is COCCOc1ccc2c(Cl)c[nH]c2c1. The van der Waals surface area contributed by atoms with Gasteiger partial charge in [0.05, 0.1) is 17.1 Å². The van der Waals surface area contributed by atoms with Crippen molar-refractivity contribution in [1.82, 2.24) is 4.98 Å². The molecule has 0 saturated heterocycles. The Hall–Kier alpha value is -1.19. The summed E-state index contributed by atoms with van der Waals surface area (Å²) in [5.74, 6) is 0.818. The minimum atomic E-state index is 0.552. The number of hydrogen-bond acceptors (Lipinski definition) is 2. The molecule has 0 aliphatic carbocycles. The van der Waals surface area contributed by atoms with Gasteiger partial charge in [0.1, 0.15) is 12.4 Å². The Morgan fingerprint density at radius 2 is 2.20 bits per heavy atom. The van der Waals surface area contributed by atoms with Gasteiger partial charge >= 0.3 is 0 Å². The van der Waals surface area contributed by atoms with Crippen LogP contribution in [-0.2, 0) is 4.74 Å². The van der Waals surface area contributed by atoms with Crippen molar-refractivity contribution in [3.05, 3.63) is 29.4 Å². The molecule has 4 heteroatoms. The summed E-state index contributed by atoms with van der Waals surface area (Å²) in [6.07, 6.45) is 1.77. The van der Waals surface area contributed by atoms with E-state index in [1.165, 1.54) is 0 Å². The molecule has 0 amide bonds. The average molecular weight is 226 g/mol. The van der Waals surface area contributed by atoms with Crippen molar-refractivity contribution in [1.29, 1.82) is 0 Å². The van der Waals surface area contributed by atoms with Gasteiger partial charge in [-0.1, -0.05) is 11.6 Å². The fourth-order valence-corrected chi connectivity index (χ4v) is 1.62. The van der Waals surface area contributed by atoms with Crippen molar-refractivity contribution in [2.45, 2.75) is 0 Å². The summed E-state index contributed by atoms with van der Waals surface area (Å²) in [5, 5.41) is 1.74. The maximum atomic E-state index is 5.96. The van der Waals surface area contributed by atoms with Crippen LogP contribution in [0.3, 0.4) is 0 Å². The molecule has 0 atom stereocenters. The van der Waals surface area contributed by atoms with Crippen LogP contribution in [0.4, 0.5) is 0 Å². The van der Waals surface area contributed by atoms with E-state index in [-0.39, 0.29) is 0 Å². The Morgan fingerprint density at radius 3 is 3.00 bits per heavy atom. The van der Waals surface area contributed by atoms with Crippen LogP contribution >= 0.6 is 11.6 Å². The Labute approximate surface area is 92.9 Å². The van der Waals surface area contributed by atoms with Crippen molar-refractivity contribution in [2.24, 2.45) is 0 Å². The van der Waals surface area contributed by atoms with E-state index in [0.717, 1.165) is 21.7 Å². The Balaban J connectivity index is 2.16. The first-order chi connectivity index (χ1) is 7.31. The summed E-state index contributed by atoms with van der Waals surface area (Å²) >= 11 is 5.96. The molecule has 0 aliphatic heterocycles. The fraction of sp³-hybridized carbons (Fsp3) is 0.273. The standard InChI is InChI=1S/C11H12ClNO2/c1-14-4-5-15-8-2-3-9-10(12)7-13-11(9)6-8/h2-3,6-7,13H,4-5H2,1H3. The van der Waals surface area contributed by atoms with Crippen molar-refractivity contribution < 1.29 is 9.47 Å². The second-order valence-corrected chi connectivity index (χ2v) is 3.59. The molecule has 15 heavy (non-hydrogen) atoms. The molecule has 80 valence electrons. The smallest absolute Gasteiger partial charge is 0.121 e. The molecule has 2 aromatic rings. The number of ether oxygens (including phenoxy) is 2. The number of aromatic amines is 1. The number of rotatable bonds is 4. The highest BCUT2D eigenvalue weighted by molar-refractivity contribution is 6.35. The first kappa shape index (κ1) is 10.3. The van der Waals surface area contributed by atoms with Gasteiger partial charge in [-0.3, -0.25) is 0 Å². The summed E-state index contributed by atoms with van der Waals surface area (Å²) in [6, 6.07) is 5.77. The molecule has 1 N–H and O–H groups in total. The normalized spacial score (nSPS) is 10.8. The molecule has 1 heterocycles. The number of nitrogens with one attached hydrogen (secondary N) is 1. The maximum absolute atomic E-state index is 5.96. The summed E-state index contributed by atoms with van der Waals surface area (Å²) in [6.45, 7) is 1.14. The van der Waals surface area contributed by atoms with Gasteiger partial charge in [0.2, 0.25) is 0 Å². The lowest BCUT2D eigenvalue weighted by molar-refractivity contribution is 0.146. The van der Waals surface area contributed by atoms with Crippen LogP contribution in [0.15, 0.2) is 24.4 Å². The van der Waals surface area contributed by atoms with Crippen LogP contribution < -0.4 is 4.74 Å². The summed E-state index contributed by atoms with van der Waals surface area (Å²) in [4.78, 5) is 3.08. The first-order valence-corrected chi connectivity index (χ1v) is 5.07. The van der Waals surface area contributed by atoms with Gasteiger partial charge in [-0.2, -0.15) is 0 Å². The predicted octanol–water partition coefficient (Wildman–Crippen LogP) is 2.85. The molecule has 0 radical (unpaired) electrons. The number of H-pyrrole nitrogens is 1. The zero-order valence-corrected chi connectivity index (χ0v) is 9.17. The van der Waals surface area contributed by atoms with Gasteiger partial charge in [-0.05, 0) is 12.1 Å². The van der Waals surface area contributed by atoms with E-state index in [9.17, 15) is 0 Å². The van der Waals surface area contributed by atoms with Crippen LogP contribution in [0.25, 0.3) is 10.9 Å². The van der Waals surface area contributed by atoms with E-state index >= 15 is 0 Å². The Bertz CT molecular complexity index is 453. The third-order valence-electron chi connectivity index (χ3n) is 2.16. The van der Waals surface area contributed by atoms with E-state index < -0.39 is 0 Å². The molecule has 0 unspecified atom stereocenters. The van der Waals surface area contributed by atoms with Gasteiger partial charge < -0.3 is 14.5 Å². The van der Waals surface area contributed by atoms with Crippen LogP contribution in [0.1, 0.15) is 0 Å². The van der Waals surface area contributed by atoms with Gasteiger partial charge in [-0.25, -0.2) is 0 Å². The number of methoxy groups -OCH3 is 1. The van der Waals surface area contributed by atoms with Crippen molar-refractivity contribution >= 4 is 22.5 Å². The summed E-state index contributed by atoms with van der Waals surface area (Å²) < 4.78 is 10.4. The highest BCUT2D eigenvalue weighted by atomic mass is 35.5. The molecular formula is C11H12ClNO2.